The molecule has 4 aliphatic heterocycles. The average Bonchev–Trinajstić information content (AvgIpc) is 4.01. The van der Waals surface area contributed by atoms with Crippen LogP contribution in [0.3, 0.4) is 0 Å². The largest absolute Gasteiger partial charge is 0.459 e. The molecule has 412 valence electrons. The Kier molecular flexibility index (Phi) is 22.0. The Morgan fingerprint density at radius 2 is 0.932 bits per heavy atom. The minimum Gasteiger partial charge on any atom is -0.459 e. The molecular weight excluding hydrogens is 987 g/mol. The van der Waals surface area contributed by atoms with Crippen LogP contribution >= 0.6 is 15.9 Å². The lowest BCUT2D eigenvalue weighted by Crippen LogP contribution is -2.56. The number of hydrogen-bond donors (Lipinski definition) is 0. The molecule has 4 aliphatic rings. The first kappa shape index (κ1) is 61.5. The van der Waals surface area contributed by atoms with E-state index in [9.17, 15) is 19.2 Å². The summed E-state index contributed by atoms with van der Waals surface area (Å²) in [4.78, 5) is 59.5. The van der Waals surface area contributed by atoms with Gasteiger partial charge in [-0.1, -0.05) is 47.1 Å². The number of amides is 2. The molecule has 0 unspecified atom stereocenters. The molecule has 0 spiro atoms. The Bertz CT molecular complexity index is 2110. The number of benzene rings is 2. The van der Waals surface area contributed by atoms with E-state index in [2.05, 4.69) is 94.7 Å². The zero-order chi connectivity index (χ0) is 54.6. The second-order valence-corrected chi connectivity index (χ2v) is 26.1. The molecule has 0 atom stereocenters. The third-order valence-corrected chi connectivity index (χ3v) is 14.3. The van der Waals surface area contributed by atoms with E-state index in [0.717, 1.165) is 58.3 Å². The van der Waals surface area contributed by atoms with Gasteiger partial charge < -0.3 is 38.5 Å². The lowest BCUT2D eigenvalue weighted by atomic mass is 9.76. The van der Waals surface area contributed by atoms with Crippen molar-refractivity contribution in [3.05, 3.63) is 58.7 Å². The van der Waals surface area contributed by atoms with Crippen molar-refractivity contribution < 1.29 is 38.1 Å². The number of halogens is 1. The lowest BCUT2D eigenvalue weighted by Gasteiger charge is -2.47. The predicted molar refractivity (Wildman–Crippen MR) is 300 cm³/mol. The number of esters is 2. The van der Waals surface area contributed by atoms with Crippen LogP contribution in [0.1, 0.15) is 177 Å². The maximum atomic E-state index is 13.0. The molecule has 0 N–H and O–H groups in total. The van der Waals surface area contributed by atoms with Gasteiger partial charge in [-0.25, -0.2) is 9.59 Å². The molecule has 2 aromatic carbocycles. The van der Waals surface area contributed by atoms with Crippen molar-refractivity contribution >= 4 is 51.4 Å². The van der Waals surface area contributed by atoms with Gasteiger partial charge in [0, 0.05) is 75.8 Å². The molecule has 0 aliphatic carbocycles. The maximum absolute atomic E-state index is 13.0. The van der Waals surface area contributed by atoms with Gasteiger partial charge in [-0.2, -0.15) is 0 Å². The number of likely N-dealkylation sites (tertiary alicyclic amines) is 2. The van der Waals surface area contributed by atoms with Gasteiger partial charge in [0.25, 0.3) is 0 Å². The van der Waals surface area contributed by atoms with Crippen molar-refractivity contribution in [3.63, 3.8) is 0 Å². The number of aryl methyl sites for hydroxylation is 3. The van der Waals surface area contributed by atoms with Gasteiger partial charge in [-0.15, -0.1) is 0 Å². The van der Waals surface area contributed by atoms with E-state index >= 15 is 0 Å². The highest BCUT2D eigenvalue weighted by Crippen LogP contribution is 2.38. The zero-order valence-corrected chi connectivity index (χ0v) is 49.8. The Hall–Kier alpha value is -4.04. The van der Waals surface area contributed by atoms with Crippen LogP contribution in [-0.4, -0.2) is 131 Å². The van der Waals surface area contributed by atoms with Crippen molar-refractivity contribution in [2.45, 2.75) is 209 Å². The maximum Gasteiger partial charge on any atom is 0.410 e. The van der Waals surface area contributed by atoms with Crippen molar-refractivity contribution in [2.75, 3.05) is 74.0 Å². The quantitative estimate of drug-likeness (QED) is 0.121. The number of nitrogens with zero attached hydrogens (tertiary/aromatic N) is 5. The number of alkyl halides is 1. The Morgan fingerprint density at radius 3 is 1.33 bits per heavy atom. The third kappa shape index (κ3) is 21.2. The van der Waals surface area contributed by atoms with E-state index in [1.807, 2.05) is 88.0 Å². The van der Waals surface area contributed by atoms with E-state index < -0.39 is 16.8 Å². The summed E-state index contributed by atoms with van der Waals surface area (Å²) < 4.78 is 21.8. The summed E-state index contributed by atoms with van der Waals surface area (Å²) in [5, 5.41) is 0.268. The van der Waals surface area contributed by atoms with Crippen LogP contribution in [-0.2, 0) is 41.5 Å². The van der Waals surface area contributed by atoms with Gasteiger partial charge in [-0.3, -0.25) is 14.5 Å². The number of piperidine rings is 2. The fourth-order valence-electron chi connectivity index (χ4n) is 9.80. The molecule has 4 heterocycles. The van der Waals surface area contributed by atoms with E-state index in [-0.39, 0.29) is 47.1 Å². The summed E-state index contributed by atoms with van der Waals surface area (Å²) in [7, 11) is 0. The molecule has 73 heavy (non-hydrogen) atoms. The van der Waals surface area contributed by atoms with Gasteiger partial charge in [0.15, 0.2) is 0 Å². The van der Waals surface area contributed by atoms with Gasteiger partial charge >= 0.3 is 24.1 Å². The number of anilines is 2. The van der Waals surface area contributed by atoms with Crippen LogP contribution in [0, 0.1) is 19.3 Å². The monoisotopic (exact) mass is 1080 g/mol. The fourth-order valence-corrected chi connectivity index (χ4v) is 9.91. The minimum absolute atomic E-state index is 0.163. The molecule has 2 aromatic rings. The topological polar surface area (TPSA) is 121 Å². The number of carbonyl (C=O) groups excluding carboxylic acids is 4. The summed E-state index contributed by atoms with van der Waals surface area (Å²) in [5.41, 5.74) is 6.27. The second kappa shape index (κ2) is 26.1. The molecule has 4 saturated heterocycles. The van der Waals surface area contributed by atoms with Gasteiger partial charge in [-0.05, 0) is 208 Å². The molecule has 2 amide bonds. The van der Waals surface area contributed by atoms with Crippen molar-refractivity contribution in [3.8, 4) is 0 Å². The van der Waals surface area contributed by atoms with Gasteiger partial charge in [0.1, 0.15) is 27.7 Å². The third-order valence-electron chi connectivity index (χ3n) is 13.9. The first-order valence-corrected chi connectivity index (χ1v) is 28.3. The summed E-state index contributed by atoms with van der Waals surface area (Å²) in [6.07, 6.45) is 10.6. The van der Waals surface area contributed by atoms with Crippen LogP contribution in [0.5, 0.6) is 0 Å². The minimum atomic E-state index is -0.533. The summed E-state index contributed by atoms with van der Waals surface area (Å²) >= 11 is 2.99. The lowest BCUT2D eigenvalue weighted by molar-refractivity contribution is -0.158. The SMILES string of the molecule is CC(C)(C)OC(=O)CBr.Cc1ccc(CCC2(C)CCN(C(=O)OC(C)(C)C)CC2)c(N2CCCC2)c1.Cc1ccc(CN(CC(=O)OC(C)(C)C)C2(C)CCN(C(=O)OC(C)(C)C)CC2)c(N2CCCC2)c1. The van der Waals surface area contributed by atoms with Crippen LogP contribution in [0.4, 0.5) is 21.0 Å². The predicted octanol–water partition coefficient (Wildman–Crippen LogP) is 12.8. The van der Waals surface area contributed by atoms with Crippen LogP contribution < -0.4 is 9.80 Å². The Labute approximate surface area is 449 Å². The molecule has 0 bridgehead atoms. The molecule has 6 rings (SSSR count). The number of rotatable bonds is 11. The van der Waals surface area contributed by atoms with E-state index in [1.165, 1.54) is 78.8 Å². The first-order chi connectivity index (χ1) is 33.8. The van der Waals surface area contributed by atoms with E-state index in [0.29, 0.717) is 25.0 Å². The molecule has 14 heteroatoms. The molecule has 0 saturated carbocycles. The highest BCUT2D eigenvalue weighted by atomic mass is 79.9. The van der Waals surface area contributed by atoms with Crippen LogP contribution in [0.15, 0.2) is 36.4 Å². The molecule has 0 radical (unpaired) electrons. The molecule has 4 fully saturated rings. The summed E-state index contributed by atoms with van der Waals surface area (Å²) in [6, 6.07) is 13.6. The number of hydrogen-bond acceptors (Lipinski definition) is 11. The highest BCUT2D eigenvalue weighted by molar-refractivity contribution is 9.09. The fraction of sp³-hybridized carbons (Fsp3) is 0.729. The first-order valence-electron chi connectivity index (χ1n) is 27.2. The van der Waals surface area contributed by atoms with E-state index in [4.69, 9.17) is 18.9 Å². The zero-order valence-electron chi connectivity index (χ0n) is 48.2. The summed E-state index contributed by atoms with van der Waals surface area (Å²) in [6.45, 7) is 39.8. The molecule has 0 aromatic heterocycles. The second-order valence-electron chi connectivity index (χ2n) is 25.6. The van der Waals surface area contributed by atoms with Gasteiger partial charge in [0.2, 0.25) is 0 Å². The number of carbonyl (C=O) groups is 4. The number of ether oxygens (including phenoxy) is 4. The van der Waals surface area contributed by atoms with Crippen molar-refractivity contribution in [1.29, 1.82) is 0 Å². The smallest absolute Gasteiger partial charge is 0.410 e. The van der Waals surface area contributed by atoms with E-state index in [1.54, 1.807) is 4.90 Å². The van der Waals surface area contributed by atoms with Crippen LogP contribution in [0.25, 0.3) is 0 Å². The Balaban J connectivity index is 0.000000276. The standard InChI is InChI=1S/C29H47N3O4.C24H38N2O2.C6H11BrO2/c1-22-11-12-23(24(19-22)30-15-9-10-16-30)20-32(21-25(33)35-27(2,3)4)29(8)13-17-31(18-14-29)26(34)36-28(5,6)7;1-19-8-9-20(21(18-19)25-14-6-7-15-25)10-11-24(5)12-16-26(17-13-24)22(27)28-23(2,3)4;1-6(2,3)9-5(8)4-7/h11-12,19H,9-10,13-18,20-21H2,1-8H3;8-9,18H,6-7,10-17H2,1-5H3;4H2,1-3H3. The molecular formula is C59H96BrN5O8. The molecule has 13 nitrogen and oxygen atoms in total. The normalized spacial score (nSPS) is 18.1. The van der Waals surface area contributed by atoms with Crippen LogP contribution in [0.2, 0.25) is 0 Å². The highest BCUT2D eigenvalue weighted by Gasteiger charge is 2.40. The summed E-state index contributed by atoms with van der Waals surface area (Å²) in [5.74, 6) is -0.435. The van der Waals surface area contributed by atoms with Crippen molar-refractivity contribution in [2.24, 2.45) is 5.41 Å². The average molecular weight is 1080 g/mol. The Morgan fingerprint density at radius 1 is 0.548 bits per heavy atom. The van der Waals surface area contributed by atoms with Crippen molar-refractivity contribution in [1.82, 2.24) is 14.7 Å². The van der Waals surface area contributed by atoms with Gasteiger partial charge in [0.05, 0.1) is 6.54 Å².